The summed E-state index contributed by atoms with van der Waals surface area (Å²) in [7, 11) is 0. The maximum absolute atomic E-state index is 9.71. The van der Waals surface area contributed by atoms with Crippen molar-refractivity contribution in [1.82, 2.24) is 10.9 Å². The van der Waals surface area contributed by atoms with Crippen LogP contribution in [0.5, 0.6) is 0 Å². The van der Waals surface area contributed by atoms with E-state index in [9.17, 15) is 4.79 Å². The van der Waals surface area contributed by atoms with E-state index >= 15 is 0 Å². The van der Waals surface area contributed by atoms with Crippen LogP contribution in [0.1, 0.15) is 0 Å². The van der Waals surface area contributed by atoms with Crippen LogP contribution in [0.25, 0.3) is 0 Å². The van der Waals surface area contributed by atoms with Gasteiger partial charge in [0.15, 0.2) is 0 Å². The van der Waals surface area contributed by atoms with Crippen molar-refractivity contribution < 1.29 is 26.5 Å². The van der Waals surface area contributed by atoms with Crippen molar-refractivity contribution in [2.75, 3.05) is 0 Å². The zero-order chi connectivity index (χ0) is 4.99. The first-order chi connectivity index (χ1) is 2.81. The fourth-order valence-corrected chi connectivity index (χ4v) is 0.0417. The Kier molecular flexibility index (Phi) is 8.44. The second-order valence-electron chi connectivity index (χ2n) is 0.618. The Balaban J connectivity index is 0. The minimum Gasteiger partial charge on any atom is -0.275 e. The van der Waals surface area contributed by atoms with E-state index in [4.69, 9.17) is 0 Å². The molecule has 0 unspecified atom stereocenters. The average Bonchev–Trinajstić information content (AvgIpc) is 1.65. The number of urea groups is 1. The number of amides is 2. The van der Waals surface area contributed by atoms with E-state index in [1.807, 2.05) is 0 Å². The Morgan fingerprint density at radius 1 is 1.29 bits per heavy atom. The summed E-state index contributed by atoms with van der Waals surface area (Å²) in [5, 5.41) is 0. The first kappa shape index (κ1) is 10.0. The quantitative estimate of drug-likeness (QED) is 0.135. The van der Waals surface area contributed by atoms with Gasteiger partial charge in [0.25, 0.3) is 0 Å². The molecule has 0 aliphatic heterocycles. The zero-order valence-electron chi connectivity index (χ0n) is 3.56. The van der Waals surface area contributed by atoms with E-state index in [2.05, 4.69) is 11.7 Å². The molecule has 0 spiro atoms. The van der Waals surface area contributed by atoms with Crippen LogP contribution in [-0.2, 0) is 21.7 Å². The number of carbonyl (C=O) groups excluding carboxylic acids is 1. The molecule has 0 heterocycles. The van der Waals surface area contributed by atoms with Crippen molar-refractivity contribution in [3.05, 3.63) is 0 Å². The van der Waals surface area contributed by atoms with Crippen LogP contribution in [0, 0.1) is 0 Å². The number of hydrazine groups is 2. The van der Waals surface area contributed by atoms with Crippen LogP contribution in [0.2, 0.25) is 0 Å². The summed E-state index contributed by atoms with van der Waals surface area (Å²) in [6.07, 6.45) is 0. The third-order valence-corrected chi connectivity index (χ3v) is 0.262. The van der Waals surface area contributed by atoms with Crippen molar-refractivity contribution >= 4 is 6.03 Å². The molecule has 6 N–H and O–H groups in total. The number of nitrogens with two attached hydrogens (primary N) is 2. The topological polar surface area (TPSA) is 93.2 Å². The molecule has 0 aromatic rings. The van der Waals surface area contributed by atoms with Crippen molar-refractivity contribution in [2.45, 2.75) is 0 Å². The van der Waals surface area contributed by atoms with Gasteiger partial charge in [-0.2, -0.15) is 0 Å². The second kappa shape index (κ2) is 5.90. The predicted molar refractivity (Wildman–Crippen MR) is 20.0 cm³/mol. The van der Waals surface area contributed by atoms with Crippen LogP contribution < -0.4 is 22.5 Å². The molecule has 0 aliphatic carbocycles. The van der Waals surface area contributed by atoms with Crippen LogP contribution in [-0.4, -0.2) is 6.03 Å². The molecule has 0 radical (unpaired) electrons. The van der Waals surface area contributed by atoms with Crippen LogP contribution in [0.4, 0.5) is 4.79 Å². The van der Waals surface area contributed by atoms with E-state index in [1.54, 1.807) is 10.9 Å². The summed E-state index contributed by atoms with van der Waals surface area (Å²) in [6, 6.07) is -0.602. The molecule has 2 amide bonds. The van der Waals surface area contributed by atoms with E-state index in [0.29, 0.717) is 0 Å². The molecule has 0 aliphatic rings. The van der Waals surface area contributed by atoms with Crippen molar-refractivity contribution in [2.24, 2.45) is 11.7 Å². The van der Waals surface area contributed by atoms with Gasteiger partial charge in [0.05, 0.1) is 0 Å². The van der Waals surface area contributed by atoms with Gasteiger partial charge in [0, 0.05) is 21.7 Å². The normalized spacial score (nSPS) is 6.00. The minimum absolute atomic E-state index is 0. The molecule has 6 heteroatoms. The molecule has 0 bridgehead atoms. The molecule has 5 nitrogen and oxygen atoms in total. The number of hydrogen-bond acceptors (Lipinski definition) is 3. The Hall–Kier alpha value is -0.0957. The van der Waals surface area contributed by atoms with E-state index < -0.39 is 6.03 Å². The van der Waals surface area contributed by atoms with E-state index in [0.717, 1.165) is 0 Å². The first-order valence-electron chi connectivity index (χ1n) is 1.28. The second-order valence-corrected chi connectivity index (χ2v) is 0.618. The number of nitrogens with one attached hydrogen (secondary N) is 2. The van der Waals surface area contributed by atoms with Crippen LogP contribution in [0.15, 0.2) is 0 Å². The number of hydrogen-bond donors (Lipinski definition) is 4. The molecule has 0 saturated heterocycles. The molecular formula is CH6N4OTi. The molecule has 0 atom stereocenters. The Morgan fingerprint density at radius 2 is 1.57 bits per heavy atom. The average molecular weight is 138 g/mol. The number of carbonyl (C=O) groups is 1. The van der Waals surface area contributed by atoms with Gasteiger partial charge in [0.2, 0.25) is 0 Å². The van der Waals surface area contributed by atoms with Crippen molar-refractivity contribution in [3.8, 4) is 0 Å². The zero-order valence-corrected chi connectivity index (χ0v) is 5.12. The fraction of sp³-hybridized carbons (Fsp3) is 0. The Labute approximate surface area is 55.6 Å². The minimum atomic E-state index is -0.602. The smallest absolute Gasteiger partial charge is 0.275 e. The van der Waals surface area contributed by atoms with Gasteiger partial charge in [0.1, 0.15) is 0 Å². The largest absolute Gasteiger partial charge is 0.343 e. The third-order valence-electron chi connectivity index (χ3n) is 0.262. The monoisotopic (exact) mass is 138 g/mol. The standard InChI is InChI=1S/CH6N4O.Ti/c2-4-1(6)5-3;/h2-3H2,(H2,4,5,6);. The maximum atomic E-state index is 9.71. The van der Waals surface area contributed by atoms with Crippen LogP contribution >= 0.6 is 0 Å². The van der Waals surface area contributed by atoms with E-state index in [-0.39, 0.29) is 21.7 Å². The molecule has 0 rings (SSSR count). The first-order valence-corrected chi connectivity index (χ1v) is 1.28. The molecule has 0 aromatic carbocycles. The summed E-state index contributed by atoms with van der Waals surface area (Å²) >= 11 is 0. The number of rotatable bonds is 0. The molecule has 0 fully saturated rings. The van der Waals surface area contributed by atoms with Gasteiger partial charge >= 0.3 is 6.03 Å². The van der Waals surface area contributed by atoms with Gasteiger partial charge in [-0.05, 0) is 0 Å². The summed E-state index contributed by atoms with van der Waals surface area (Å²) in [5.74, 6) is 9.08. The van der Waals surface area contributed by atoms with Gasteiger partial charge in [-0.25, -0.2) is 16.5 Å². The molecule has 40 valence electrons. The third kappa shape index (κ3) is 5.90. The summed E-state index contributed by atoms with van der Waals surface area (Å²) in [6.45, 7) is 0. The molecular weight excluding hydrogens is 132 g/mol. The van der Waals surface area contributed by atoms with Gasteiger partial charge in [-0.1, -0.05) is 0 Å². The maximum Gasteiger partial charge on any atom is 0.343 e. The van der Waals surface area contributed by atoms with Gasteiger partial charge in [-0.3, -0.25) is 10.9 Å². The molecule has 0 saturated carbocycles. The van der Waals surface area contributed by atoms with Gasteiger partial charge < -0.3 is 0 Å². The van der Waals surface area contributed by atoms with Crippen molar-refractivity contribution in [1.29, 1.82) is 0 Å². The SMILES string of the molecule is NNC(=O)NN.[Ti]. The van der Waals surface area contributed by atoms with E-state index in [1.165, 1.54) is 0 Å². The fourth-order valence-electron chi connectivity index (χ4n) is 0.0417. The summed E-state index contributed by atoms with van der Waals surface area (Å²) in [4.78, 5) is 9.71. The van der Waals surface area contributed by atoms with Crippen molar-refractivity contribution in [3.63, 3.8) is 0 Å². The Morgan fingerprint density at radius 3 is 1.57 bits per heavy atom. The molecule has 0 aromatic heterocycles. The Bertz CT molecular complexity index is 49.7. The predicted octanol–water partition coefficient (Wildman–Crippen LogP) is -1.97. The van der Waals surface area contributed by atoms with Crippen LogP contribution in [0.3, 0.4) is 0 Å². The summed E-state index contributed by atoms with van der Waals surface area (Å²) in [5.41, 5.74) is 3.48. The molecule has 7 heavy (non-hydrogen) atoms. The summed E-state index contributed by atoms with van der Waals surface area (Å²) < 4.78 is 0. The van der Waals surface area contributed by atoms with Gasteiger partial charge in [-0.15, -0.1) is 0 Å².